The molecule has 1 rings (SSSR count). The second kappa shape index (κ2) is 6.26. The Labute approximate surface area is 79.9 Å². The van der Waals surface area contributed by atoms with Crippen LogP contribution in [0.2, 0.25) is 0 Å². The number of hydrogen-bond acceptors (Lipinski definition) is 2. The highest BCUT2D eigenvalue weighted by Crippen LogP contribution is 2.20. The molecule has 0 amide bonds. The van der Waals surface area contributed by atoms with Gasteiger partial charge in [0.05, 0.1) is 7.11 Å². The van der Waals surface area contributed by atoms with Gasteiger partial charge in [0.1, 0.15) is 0 Å². The van der Waals surface area contributed by atoms with E-state index < -0.39 is 17.5 Å². The van der Waals surface area contributed by atoms with E-state index in [1.165, 1.54) is 7.11 Å². The van der Waals surface area contributed by atoms with Gasteiger partial charge in [-0.1, -0.05) is 0 Å². The maximum Gasteiger partial charge on any atom is 0.203 e. The summed E-state index contributed by atoms with van der Waals surface area (Å²) >= 11 is 0. The van der Waals surface area contributed by atoms with Crippen LogP contribution in [0.4, 0.5) is 13.2 Å². The average Bonchev–Trinajstić information content (AvgIpc) is 2.16. The fourth-order valence-electron chi connectivity index (χ4n) is 0.666. The first kappa shape index (κ1) is 12.8. The number of ether oxygens (including phenoxy) is 1. The first-order valence-corrected chi connectivity index (χ1v) is 3.86. The first-order valence-electron chi connectivity index (χ1n) is 3.86. The maximum atomic E-state index is 12.5. The van der Waals surface area contributed by atoms with Crippen LogP contribution in [0.25, 0.3) is 0 Å². The molecule has 0 radical (unpaired) electrons. The predicted molar refractivity (Wildman–Crippen MR) is 45.6 cm³/mol. The zero-order valence-electron chi connectivity index (χ0n) is 7.85. The third-order valence-electron chi connectivity index (χ3n) is 1.22. The molecule has 1 N–H and O–H groups in total. The monoisotopic (exact) mass is 208 g/mol. The lowest BCUT2D eigenvalue weighted by molar-refractivity contribution is 0.318. The minimum absolute atomic E-state index is 0.250. The first-order chi connectivity index (χ1) is 6.58. The smallest absolute Gasteiger partial charge is 0.203 e. The van der Waals surface area contributed by atoms with E-state index in [1.54, 1.807) is 6.92 Å². The molecule has 0 atom stereocenters. The van der Waals surface area contributed by atoms with Crippen molar-refractivity contribution >= 4 is 0 Å². The third kappa shape index (κ3) is 3.26. The number of rotatable bonds is 1. The summed E-state index contributed by atoms with van der Waals surface area (Å²) in [6, 6.07) is 1.82. The number of methoxy groups -OCH3 is 1. The molecule has 1 aromatic rings. The minimum Gasteiger partial charge on any atom is -0.494 e. The Morgan fingerprint density at radius 2 is 1.71 bits per heavy atom. The van der Waals surface area contributed by atoms with Crippen LogP contribution in [0, 0.1) is 17.5 Å². The molecule has 0 spiro atoms. The molecule has 0 aliphatic heterocycles. The molecule has 14 heavy (non-hydrogen) atoms. The molecule has 0 saturated carbocycles. The Morgan fingerprint density at radius 1 is 1.21 bits per heavy atom. The second-order valence-electron chi connectivity index (χ2n) is 2.19. The molecule has 0 aromatic heterocycles. The summed E-state index contributed by atoms with van der Waals surface area (Å²) in [4.78, 5) is 0. The van der Waals surface area contributed by atoms with Gasteiger partial charge in [-0.25, -0.2) is 8.78 Å². The Morgan fingerprint density at radius 3 is 2.14 bits per heavy atom. The molecular weight excluding hydrogens is 197 g/mol. The van der Waals surface area contributed by atoms with Crippen molar-refractivity contribution in [3.8, 4) is 5.75 Å². The molecule has 0 fully saturated rings. The lowest BCUT2D eigenvalue weighted by Gasteiger charge is -2.01. The van der Waals surface area contributed by atoms with E-state index in [1.807, 2.05) is 0 Å². The number of halogens is 3. The molecule has 0 bridgehead atoms. The summed E-state index contributed by atoms with van der Waals surface area (Å²) in [6.07, 6.45) is 0. The molecule has 2 nitrogen and oxygen atoms in total. The summed E-state index contributed by atoms with van der Waals surface area (Å²) in [5, 5.41) is 7.57. The molecule has 0 saturated heterocycles. The molecule has 0 aliphatic rings. The molecule has 0 unspecified atom stereocenters. The van der Waals surface area contributed by atoms with E-state index in [0.717, 1.165) is 12.1 Å². The van der Waals surface area contributed by atoms with Gasteiger partial charge in [0, 0.05) is 6.61 Å². The highest BCUT2D eigenvalue weighted by molar-refractivity contribution is 5.25. The Bertz CT molecular complexity index is 290. The van der Waals surface area contributed by atoms with Crippen LogP contribution in [-0.2, 0) is 0 Å². The number of aliphatic hydroxyl groups is 1. The fourth-order valence-corrected chi connectivity index (χ4v) is 0.666. The lowest BCUT2D eigenvalue weighted by Crippen LogP contribution is -1.94. The predicted octanol–water partition coefficient (Wildman–Crippen LogP) is 2.11. The van der Waals surface area contributed by atoms with Crippen molar-refractivity contribution in [1.82, 2.24) is 0 Å². The Balaban J connectivity index is 0.000000500. The Hall–Kier alpha value is -1.23. The fraction of sp³-hybridized carbons (Fsp3) is 0.333. The summed E-state index contributed by atoms with van der Waals surface area (Å²) in [6.45, 7) is 1.93. The van der Waals surface area contributed by atoms with Crippen LogP contribution in [0.3, 0.4) is 0 Å². The molecule has 5 heteroatoms. The van der Waals surface area contributed by atoms with Crippen molar-refractivity contribution in [3.63, 3.8) is 0 Å². The standard InChI is InChI=1S/C7H5F3O.C2H6O/c1-11-5-3-2-4(8)6(9)7(5)10;1-2-3/h2-3H,1H3;3H,2H2,1H3. The van der Waals surface area contributed by atoms with Crippen molar-refractivity contribution < 1.29 is 23.0 Å². The van der Waals surface area contributed by atoms with Crippen molar-refractivity contribution in [3.05, 3.63) is 29.6 Å². The van der Waals surface area contributed by atoms with Gasteiger partial charge >= 0.3 is 0 Å². The van der Waals surface area contributed by atoms with Crippen LogP contribution in [0.1, 0.15) is 6.92 Å². The van der Waals surface area contributed by atoms with Gasteiger partial charge < -0.3 is 9.84 Å². The van der Waals surface area contributed by atoms with E-state index >= 15 is 0 Å². The molecule has 1 aromatic carbocycles. The van der Waals surface area contributed by atoms with Crippen molar-refractivity contribution in [1.29, 1.82) is 0 Å². The quantitative estimate of drug-likeness (QED) is 0.716. The summed E-state index contributed by atoms with van der Waals surface area (Å²) in [5.74, 6) is -4.33. The van der Waals surface area contributed by atoms with E-state index in [0.29, 0.717) is 0 Å². The second-order valence-corrected chi connectivity index (χ2v) is 2.19. The number of benzene rings is 1. The van der Waals surface area contributed by atoms with E-state index in [-0.39, 0.29) is 12.4 Å². The van der Waals surface area contributed by atoms with Crippen LogP contribution in [0.5, 0.6) is 5.75 Å². The normalized spacial score (nSPS) is 9.00. The van der Waals surface area contributed by atoms with Gasteiger partial charge in [-0.3, -0.25) is 0 Å². The van der Waals surface area contributed by atoms with E-state index in [9.17, 15) is 13.2 Å². The van der Waals surface area contributed by atoms with Gasteiger partial charge in [-0.15, -0.1) is 0 Å². The summed E-state index contributed by atoms with van der Waals surface area (Å²) < 4.78 is 41.5. The van der Waals surface area contributed by atoms with E-state index in [2.05, 4.69) is 4.74 Å². The molecule has 0 heterocycles. The summed E-state index contributed by atoms with van der Waals surface area (Å²) in [5.41, 5.74) is 0. The lowest BCUT2D eigenvalue weighted by atomic mass is 10.3. The van der Waals surface area contributed by atoms with Gasteiger partial charge in [-0.2, -0.15) is 4.39 Å². The molecular formula is C9H11F3O2. The van der Waals surface area contributed by atoms with Gasteiger partial charge in [-0.05, 0) is 19.1 Å². The van der Waals surface area contributed by atoms with Crippen LogP contribution < -0.4 is 4.74 Å². The van der Waals surface area contributed by atoms with Crippen molar-refractivity contribution in [2.24, 2.45) is 0 Å². The zero-order valence-corrected chi connectivity index (χ0v) is 7.85. The van der Waals surface area contributed by atoms with Crippen LogP contribution in [0.15, 0.2) is 12.1 Å². The maximum absolute atomic E-state index is 12.5. The van der Waals surface area contributed by atoms with Gasteiger partial charge in [0.15, 0.2) is 17.4 Å². The average molecular weight is 208 g/mol. The van der Waals surface area contributed by atoms with Crippen molar-refractivity contribution in [2.45, 2.75) is 6.92 Å². The Kier molecular flexibility index (Phi) is 5.71. The number of aliphatic hydroxyl groups excluding tert-OH is 1. The van der Waals surface area contributed by atoms with Crippen LogP contribution in [-0.4, -0.2) is 18.8 Å². The highest BCUT2D eigenvalue weighted by Gasteiger charge is 2.12. The zero-order chi connectivity index (χ0) is 11.1. The minimum atomic E-state index is -1.51. The largest absolute Gasteiger partial charge is 0.494 e. The number of hydrogen-bond donors (Lipinski definition) is 1. The molecule has 80 valence electrons. The third-order valence-corrected chi connectivity index (χ3v) is 1.22. The van der Waals surface area contributed by atoms with Crippen molar-refractivity contribution in [2.75, 3.05) is 13.7 Å². The van der Waals surface area contributed by atoms with E-state index in [4.69, 9.17) is 5.11 Å². The molecule has 0 aliphatic carbocycles. The van der Waals surface area contributed by atoms with Crippen LogP contribution >= 0.6 is 0 Å². The topological polar surface area (TPSA) is 29.5 Å². The summed E-state index contributed by atoms with van der Waals surface area (Å²) in [7, 11) is 1.18. The van der Waals surface area contributed by atoms with Gasteiger partial charge in [0.25, 0.3) is 0 Å². The SMILES string of the molecule is CCO.COc1ccc(F)c(F)c1F. The van der Waals surface area contributed by atoms with Gasteiger partial charge in [0.2, 0.25) is 5.82 Å². The highest BCUT2D eigenvalue weighted by atomic mass is 19.2.